The van der Waals surface area contributed by atoms with E-state index in [2.05, 4.69) is 29.2 Å². The molecule has 1 saturated heterocycles. The van der Waals surface area contributed by atoms with Crippen molar-refractivity contribution in [2.75, 3.05) is 6.54 Å². The van der Waals surface area contributed by atoms with E-state index in [9.17, 15) is 4.79 Å². The highest BCUT2D eigenvalue weighted by atomic mass is 16.2. The first kappa shape index (κ1) is 16.0. The van der Waals surface area contributed by atoms with Crippen LogP contribution in [0.1, 0.15) is 46.1 Å². The summed E-state index contributed by atoms with van der Waals surface area (Å²) < 4.78 is 0. The lowest BCUT2D eigenvalue weighted by Crippen LogP contribution is -2.57. The van der Waals surface area contributed by atoms with Gasteiger partial charge in [0.05, 0.1) is 5.41 Å². The first-order valence-electron chi connectivity index (χ1n) is 7.87. The van der Waals surface area contributed by atoms with Crippen LogP contribution in [0.5, 0.6) is 0 Å². The standard InChI is InChI=1S/C18H28N2O/c1-17(2,18(3,4)19)16(21)20-12-8-11-15(20)13-14-9-6-5-7-10-14/h5-7,9-10,15H,8,11-13,19H2,1-4H3. The predicted octanol–water partition coefficient (Wildman–Crippen LogP) is 2.98. The summed E-state index contributed by atoms with van der Waals surface area (Å²) in [7, 11) is 0. The molecule has 2 N–H and O–H groups in total. The maximum Gasteiger partial charge on any atom is 0.230 e. The highest BCUT2D eigenvalue weighted by Gasteiger charge is 2.45. The molecule has 1 aromatic carbocycles. The van der Waals surface area contributed by atoms with Crippen molar-refractivity contribution in [1.82, 2.24) is 4.90 Å². The van der Waals surface area contributed by atoms with Crippen LogP contribution in [0.25, 0.3) is 0 Å². The number of rotatable bonds is 4. The minimum atomic E-state index is -0.549. The lowest BCUT2D eigenvalue weighted by atomic mass is 9.74. The molecular formula is C18H28N2O. The minimum absolute atomic E-state index is 0.188. The van der Waals surface area contributed by atoms with Crippen LogP contribution in [0.2, 0.25) is 0 Å². The molecule has 0 bridgehead atoms. The van der Waals surface area contributed by atoms with Crippen molar-refractivity contribution in [3.05, 3.63) is 35.9 Å². The number of benzene rings is 1. The number of nitrogens with two attached hydrogens (primary N) is 1. The van der Waals surface area contributed by atoms with E-state index in [0.717, 1.165) is 25.8 Å². The summed E-state index contributed by atoms with van der Waals surface area (Å²) in [6.45, 7) is 8.66. The van der Waals surface area contributed by atoms with E-state index in [-0.39, 0.29) is 5.91 Å². The normalized spacial score (nSPS) is 19.9. The molecule has 1 heterocycles. The van der Waals surface area contributed by atoms with Crippen LogP contribution in [0.4, 0.5) is 0 Å². The lowest BCUT2D eigenvalue weighted by Gasteiger charge is -2.41. The molecule has 0 saturated carbocycles. The molecule has 1 amide bonds. The van der Waals surface area contributed by atoms with Crippen LogP contribution in [0, 0.1) is 5.41 Å². The van der Waals surface area contributed by atoms with Crippen LogP contribution >= 0.6 is 0 Å². The highest BCUT2D eigenvalue weighted by molar-refractivity contribution is 5.84. The van der Waals surface area contributed by atoms with Gasteiger partial charge in [0.2, 0.25) is 5.91 Å². The summed E-state index contributed by atoms with van der Waals surface area (Å²) in [5.41, 5.74) is 6.46. The van der Waals surface area contributed by atoms with Crippen LogP contribution < -0.4 is 5.73 Å². The Hall–Kier alpha value is -1.35. The number of carbonyl (C=O) groups is 1. The number of carbonyl (C=O) groups excluding carboxylic acids is 1. The first-order chi connectivity index (χ1) is 9.73. The molecule has 1 aliphatic rings. The number of hydrogen-bond donors (Lipinski definition) is 1. The molecule has 3 heteroatoms. The first-order valence-corrected chi connectivity index (χ1v) is 7.87. The van der Waals surface area contributed by atoms with Gasteiger partial charge in [0, 0.05) is 18.1 Å². The van der Waals surface area contributed by atoms with Crippen LogP contribution in [0.15, 0.2) is 30.3 Å². The number of amides is 1. The van der Waals surface area contributed by atoms with E-state index < -0.39 is 11.0 Å². The maximum atomic E-state index is 13.0. The molecule has 1 unspecified atom stereocenters. The number of nitrogens with zero attached hydrogens (tertiary/aromatic N) is 1. The van der Waals surface area contributed by atoms with E-state index in [1.165, 1.54) is 5.56 Å². The fraction of sp³-hybridized carbons (Fsp3) is 0.611. The third kappa shape index (κ3) is 3.29. The Morgan fingerprint density at radius 3 is 2.43 bits per heavy atom. The molecule has 1 fully saturated rings. The molecule has 0 aliphatic carbocycles. The molecular weight excluding hydrogens is 260 g/mol. The summed E-state index contributed by atoms with van der Waals surface area (Å²) in [4.78, 5) is 15.0. The van der Waals surface area contributed by atoms with Crippen molar-refractivity contribution in [3.63, 3.8) is 0 Å². The maximum absolute atomic E-state index is 13.0. The second kappa shape index (κ2) is 5.80. The Labute approximate surface area is 128 Å². The van der Waals surface area contributed by atoms with Gasteiger partial charge in [0.15, 0.2) is 0 Å². The Kier molecular flexibility index (Phi) is 4.43. The topological polar surface area (TPSA) is 46.3 Å². The fourth-order valence-electron chi connectivity index (χ4n) is 2.84. The average molecular weight is 288 g/mol. The molecule has 2 rings (SSSR count). The quantitative estimate of drug-likeness (QED) is 0.926. The third-order valence-corrected chi connectivity index (χ3v) is 5.10. The van der Waals surface area contributed by atoms with Gasteiger partial charge in [-0.05, 0) is 52.5 Å². The predicted molar refractivity (Wildman–Crippen MR) is 86.9 cm³/mol. The zero-order valence-electron chi connectivity index (χ0n) is 13.7. The summed E-state index contributed by atoms with van der Waals surface area (Å²) in [5, 5.41) is 0. The zero-order chi connectivity index (χ0) is 15.7. The van der Waals surface area contributed by atoms with Gasteiger partial charge < -0.3 is 10.6 Å². The van der Waals surface area contributed by atoms with Gasteiger partial charge in [-0.1, -0.05) is 30.3 Å². The van der Waals surface area contributed by atoms with Crippen LogP contribution in [-0.2, 0) is 11.2 Å². The molecule has 0 radical (unpaired) electrons. The Bertz CT molecular complexity index is 488. The van der Waals surface area contributed by atoms with Crippen molar-refractivity contribution in [2.24, 2.45) is 11.1 Å². The van der Waals surface area contributed by atoms with Crippen molar-refractivity contribution in [3.8, 4) is 0 Å². The highest BCUT2D eigenvalue weighted by Crippen LogP contribution is 2.34. The van der Waals surface area contributed by atoms with Crippen molar-refractivity contribution < 1.29 is 4.79 Å². The molecule has 116 valence electrons. The molecule has 3 nitrogen and oxygen atoms in total. The van der Waals surface area contributed by atoms with Gasteiger partial charge in [-0.25, -0.2) is 0 Å². The molecule has 0 spiro atoms. The van der Waals surface area contributed by atoms with Crippen molar-refractivity contribution >= 4 is 5.91 Å². The summed E-state index contributed by atoms with van der Waals surface area (Å²) in [6, 6.07) is 10.7. The van der Waals surface area contributed by atoms with E-state index in [1.54, 1.807) is 0 Å². The Morgan fingerprint density at radius 1 is 1.24 bits per heavy atom. The largest absolute Gasteiger partial charge is 0.339 e. The second-order valence-electron chi connectivity index (χ2n) is 7.33. The monoisotopic (exact) mass is 288 g/mol. The Balaban J connectivity index is 2.13. The zero-order valence-corrected chi connectivity index (χ0v) is 13.7. The summed E-state index contributed by atoms with van der Waals surface area (Å²) in [5.74, 6) is 0.188. The van der Waals surface area contributed by atoms with Crippen molar-refractivity contribution in [2.45, 2.75) is 58.5 Å². The van der Waals surface area contributed by atoms with Gasteiger partial charge in [-0.3, -0.25) is 4.79 Å². The Morgan fingerprint density at radius 2 is 1.86 bits per heavy atom. The van der Waals surface area contributed by atoms with E-state index in [1.807, 2.05) is 33.8 Å². The molecule has 0 aromatic heterocycles. The summed E-state index contributed by atoms with van der Waals surface area (Å²) >= 11 is 0. The van der Waals surface area contributed by atoms with Crippen LogP contribution in [0.3, 0.4) is 0 Å². The molecule has 21 heavy (non-hydrogen) atoms. The minimum Gasteiger partial charge on any atom is -0.339 e. The SMILES string of the molecule is CC(C)(N)C(C)(C)C(=O)N1CCCC1Cc1ccccc1. The van der Waals surface area contributed by atoms with Crippen LogP contribution in [-0.4, -0.2) is 28.9 Å². The van der Waals surface area contributed by atoms with E-state index in [0.29, 0.717) is 6.04 Å². The average Bonchev–Trinajstić information content (AvgIpc) is 2.85. The van der Waals surface area contributed by atoms with E-state index in [4.69, 9.17) is 5.73 Å². The van der Waals surface area contributed by atoms with Gasteiger partial charge in [-0.2, -0.15) is 0 Å². The smallest absolute Gasteiger partial charge is 0.230 e. The fourth-order valence-corrected chi connectivity index (χ4v) is 2.84. The lowest BCUT2D eigenvalue weighted by molar-refractivity contribution is -0.144. The van der Waals surface area contributed by atoms with Crippen molar-refractivity contribution in [1.29, 1.82) is 0 Å². The van der Waals surface area contributed by atoms with E-state index >= 15 is 0 Å². The van der Waals surface area contributed by atoms with Gasteiger partial charge in [-0.15, -0.1) is 0 Å². The molecule has 1 aliphatic heterocycles. The van der Waals surface area contributed by atoms with Gasteiger partial charge >= 0.3 is 0 Å². The second-order valence-corrected chi connectivity index (χ2v) is 7.33. The third-order valence-electron chi connectivity index (χ3n) is 5.10. The van der Waals surface area contributed by atoms with Gasteiger partial charge in [0.25, 0.3) is 0 Å². The van der Waals surface area contributed by atoms with Gasteiger partial charge in [0.1, 0.15) is 0 Å². The molecule has 1 aromatic rings. The number of hydrogen-bond acceptors (Lipinski definition) is 2. The summed E-state index contributed by atoms with van der Waals surface area (Å²) in [6.07, 6.45) is 3.11. The number of likely N-dealkylation sites (tertiary alicyclic amines) is 1. The molecule has 1 atom stereocenters.